The van der Waals surface area contributed by atoms with E-state index in [1.54, 1.807) is 33.8 Å². The van der Waals surface area contributed by atoms with E-state index in [1.807, 2.05) is 42.5 Å². The van der Waals surface area contributed by atoms with Crippen LogP contribution in [0, 0.1) is 5.92 Å². The fourth-order valence-electron chi connectivity index (χ4n) is 4.70. The van der Waals surface area contributed by atoms with E-state index < -0.39 is 41.3 Å². The minimum Gasteiger partial charge on any atom is -0.488 e. The quantitative estimate of drug-likeness (QED) is 0.458. The van der Waals surface area contributed by atoms with Crippen LogP contribution in [0.5, 0.6) is 5.75 Å². The third kappa shape index (κ3) is 5.17. The van der Waals surface area contributed by atoms with Crippen LogP contribution in [0.15, 0.2) is 55.1 Å². The Bertz CT molecular complexity index is 1170. The zero-order valence-electron chi connectivity index (χ0n) is 21.3. The first-order chi connectivity index (χ1) is 17.1. The lowest BCUT2D eigenvalue weighted by Gasteiger charge is -2.28. The summed E-state index contributed by atoms with van der Waals surface area (Å²) in [5, 5.41) is 4.85. The predicted molar refractivity (Wildman–Crippen MR) is 136 cm³/mol. The number of carbonyl (C=O) groups is 3. The third-order valence-electron chi connectivity index (χ3n) is 6.52. The van der Waals surface area contributed by atoms with Crippen molar-refractivity contribution in [3.8, 4) is 5.75 Å². The maximum absolute atomic E-state index is 13.5. The number of benzene rings is 2. The summed E-state index contributed by atoms with van der Waals surface area (Å²) < 4.78 is 17.1. The van der Waals surface area contributed by atoms with Crippen molar-refractivity contribution in [2.75, 3.05) is 13.2 Å². The molecule has 1 N–H and O–H groups in total. The summed E-state index contributed by atoms with van der Waals surface area (Å²) >= 11 is 0. The molecule has 2 aliphatic rings. The van der Waals surface area contributed by atoms with Gasteiger partial charge in [0.15, 0.2) is 0 Å². The predicted octanol–water partition coefficient (Wildman–Crippen LogP) is 4.22. The molecular weight excluding hydrogens is 460 g/mol. The number of ether oxygens (including phenoxy) is 3. The number of amides is 2. The molecule has 1 saturated carbocycles. The molecule has 0 bridgehead atoms. The molecule has 2 aromatic carbocycles. The second kappa shape index (κ2) is 9.84. The molecule has 8 heteroatoms. The van der Waals surface area contributed by atoms with Crippen molar-refractivity contribution in [1.29, 1.82) is 0 Å². The average Bonchev–Trinajstić information content (AvgIpc) is 3.37. The van der Waals surface area contributed by atoms with Gasteiger partial charge in [-0.15, -0.1) is 6.58 Å². The van der Waals surface area contributed by atoms with Crippen LogP contribution in [0.2, 0.25) is 0 Å². The Balaban J connectivity index is 1.57. The molecule has 0 radical (unpaired) electrons. The largest absolute Gasteiger partial charge is 0.488 e. The molecule has 4 atom stereocenters. The number of rotatable bonds is 7. The molecule has 1 saturated heterocycles. The Labute approximate surface area is 211 Å². The first kappa shape index (κ1) is 25.5. The van der Waals surface area contributed by atoms with E-state index in [2.05, 4.69) is 11.9 Å². The molecule has 1 aliphatic carbocycles. The Hall–Kier alpha value is -3.55. The summed E-state index contributed by atoms with van der Waals surface area (Å²) in [6.07, 6.45) is 1.27. The van der Waals surface area contributed by atoms with Gasteiger partial charge >= 0.3 is 12.1 Å². The van der Waals surface area contributed by atoms with Gasteiger partial charge in [-0.25, -0.2) is 9.59 Å². The van der Waals surface area contributed by atoms with E-state index in [-0.39, 0.29) is 25.5 Å². The van der Waals surface area contributed by atoms with Gasteiger partial charge in [-0.3, -0.25) is 9.69 Å². The summed E-state index contributed by atoms with van der Waals surface area (Å²) in [7, 11) is 0. The highest BCUT2D eigenvalue weighted by Crippen LogP contribution is 2.45. The van der Waals surface area contributed by atoms with Crippen LogP contribution in [-0.2, 0) is 19.1 Å². The van der Waals surface area contributed by atoms with Gasteiger partial charge in [0.2, 0.25) is 5.91 Å². The highest BCUT2D eigenvalue weighted by molar-refractivity contribution is 5.95. The van der Waals surface area contributed by atoms with Gasteiger partial charge in [-0.05, 0) is 45.6 Å². The Morgan fingerprint density at radius 1 is 1.17 bits per heavy atom. The smallest absolute Gasteiger partial charge is 0.411 e. The maximum atomic E-state index is 13.5. The van der Waals surface area contributed by atoms with Gasteiger partial charge < -0.3 is 19.5 Å². The lowest BCUT2D eigenvalue weighted by atomic mass is 10.1. The lowest BCUT2D eigenvalue weighted by molar-refractivity contribution is -0.149. The number of nitrogens with one attached hydrogen (secondary N) is 1. The first-order valence-electron chi connectivity index (χ1n) is 12.3. The molecule has 2 fully saturated rings. The molecule has 0 spiro atoms. The molecular formula is C28H34N2O6. The molecule has 192 valence electrons. The Morgan fingerprint density at radius 2 is 1.89 bits per heavy atom. The van der Waals surface area contributed by atoms with Crippen LogP contribution in [-0.4, -0.2) is 59.3 Å². The van der Waals surface area contributed by atoms with Crippen molar-refractivity contribution in [2.24, 2.45) is 5.92 Å². The minimum atomic E-state index is -1.15. The SMILES string of the molecule is C=C[C@H]1C[C@@]1(NC(=O)[C@@H]1C[C@@H](Oc2cccc3ccccc23)CN1C(=O)OC(C)(C)C)C(=O)OCC. The van der Waals surface area contributed by atoms with Gasteiger partial charge in [0.05, 0.1) is 13.2 Å². The summed E-state index contributed by atoms with van der Waals surface area (Å²) in [5.41, 5.74) is -1.88. The summed E-state index contributed by atoms with van der Waals surface area (Å²) in [6.45, 7) is 11.2. The van der Waals surface area contributed by atoms with Gasteiger partial charge in [0.25, 0.3) is 0 Å². The lowest BCUT2D eigenvalue weighted by Crippen LogP contribution is -2.53. The van der Waals surface area contributed by atoms with Crippen molar-refractivity contribution in [3.63, 3.8) is 0 Å². The van der Waals surface area contributed by atoms with Crippen LogP contribution in [0.4, 0.5) is 4.79 Å². The zero-order valence-corrected chi connectivity index (χ0v) is 21.3. The number of hydrogen-bond acceptors (Lipinski definition) is 6. The molecule has 36 heavy (non-hydrogen) atoms. The van der Waals surface area contributed by atoms with E-state index in [4.69, 9.17) is 14.2 Å². The van der Waals surface area contributed by atoms with Gasteiger partial charge in [0, 0.05) is 17.7 Å². The Kier molecular flexibility index (Phi) is 6.98. The molecule has 2 amide bonds. The second-order valence-corrected chi connectivity index (χ2v) is 10.3. The standard InChI is InChI=1S/C28H34N2O6/c1-6-19-16-28(19,25(32)34-7-2)29-24(31)22-15-20(17-30(22)26(33)36-27(3,4)5)35-23-14-10-12-18-11-8-9-13-21(18)23/h6,8-14,19-20,22H,1,7,15-17H2,2-5H3,(H,29,31)/t19-,20+,22-,28-/m0/s1. The zero-order chi connectivity index (χ0) is 26.1. The normalized spacial score (nSPS) is 25.2. The van der Waals surface area contributed by atoms with Crippen LogP contribution >= 0.6 is 0 Å². The molecule has 8 nitrogen and oxygen atoms in total. The molecule has 1 heterocycles. The average molecular weight is 495 g/mol. The van der Waals surface area contributed by atoms with Crippen LogP contribution in [0.3, 0.4) is 0 Å². The Morgan fingerprint density at radius 3 is 2.56 bits per heavy atom. The molecule has 1 aliphatic heterocycles. The molecule has 0 aromatic heterocycles. The second-order valence-electron chi connectivity index (χ2n) is 10.3. The molecule has 0 unspecified atom stereocenters. The van der Waals surface area contributed by atoms with Crippen molar-refractivity contribution < 1.29 is 28.6 Å². The number of likely N-dealkylation sites (tertiary alicyclic amines) is 1. The van der Waals surface area contributed by atoms with Crippen molar-refractivity contribution in [3.05, 3.63) is 55.1 Å². The monoisotopic (exact) mass is 494 g/mol. The van der Waals surface area contributed by atoms with E-state index >= 15 is 0 Å². The maximum Gasteiger partial charge on any atom is 0.411 e. The van der Waals surface area contributed by atoms with E-state index in [1.165, 1.54) is 4.90 Å². The van der Waals surface area contributed by atoms with Gasteiger partial charge in [-0.2, -0.15) is 0 Å². The highest BCUT2D eigenvalue weighted by atomic mass is 16.6. The summed E-state index contributed by atoms with van der Waals surface area (Å²) in [6, 6.07) is 12.8. The van der Waals surface area contributed by atoms with Crippen molar-refractivity contribution in [2.45, 2.75) is 63.8 Å². The molecule has 2 aromatic rings. The van der Waals surface area contributed by atoms with Crippen LogP contribution in [0.1, 0.15) is 40.5 Å². The summed E-state index contributed by atoms with van der Waals surface area (Å²) in [5.74, 6) is -0.476. The number of hydrogen-bond donors (Lipinski definition) is 1. The van der Waals surface area contributed by atoms with Gasteiger partial charge in [-0.1, -0.05) is 42.5 Å². The van der Waals surface area contributed by atoms with Crippen molar-refractivity contribution in [1.82, 2.24) is 10.2 Å². The third-order valence-corrected chi connectivity index (χ3v) is 6.52. The number of esters is 1. The minimum absolute atomic E-state index is 0.174. The van der Waals surface area contributed by atoms with E-state index in [9.17, 15) is 14.4 Å². The topological polar surface area (TPSA) is 94.2 Å². The number of nitrogens with zero attached hydrogens (tertiary/aromatic N) is 1. The van der Waals surface area contributed by atoms with Gasteiger partial charge in [0.1, 0.15) is 29.0 Å². The van der Waals surface area contributed by atoms with Crippen LogP contribution in [0.25, 0.3) is 10.8 Å². The van der Waals surface area contributed by atoms with E-state index in [0.29, 0.717) is 12.2 Å². The number of carbonyl (C=O) groups excluding carboxylic acids is 3. The fraction of sp³-hybridized carbons (Fsp3) is 0.464. The fourth-order valence-corrected chi connectivity index (χ4v) is 4.70. The number of fused-ring (bicyclic) bond motifs is 1. The molecule has 4 rings (SSSR count). The van der Waals surface area contributed by atoms with E-state index in [0.717, 1.165) is 10.8 Å². The van der Waals surface area contributed by atoms with Crippen molar-refractivity contribution >= 4 is 28.7 Å². The first-order valence-corrected chi connectivity index (χ1v) is 12.3. The van der Waals surface area contributed by atoms with Crippen LogP contribution < -0.4 is 10.1 Å². The highest BCUT2D eigenvalue weighted by Gasteiger charge is 2.62. The summed E-state index contributed by atoms with van der Waals surface area (Å²) in [4.78, 5) is 40.6.